The van der Waals surface area contributed by atoms with Crippen LogP contribution in [-0.2, 0) is 6.54 Å². The first-order valence-corrected chi connectivity index (χ1v) is 7.94. The van der Waals surface area contributed by atoms with E-state index in [0.29, 0.717) is 18.2 Å². The van der Waals surface area contributed by atoms with Crippen LogP contribution in [0.3, 0.4) is 0 Å². The maximum atomic E-state index is 13.9. The summed E-state index contributed by atoms with van der Waals surface area (Å²) in [6.45, 7) is 6.87. The van der Waals surface area contributed by atoms with Gasteiger partial charge in [0.1, 0.15) is 11.6 Å². The van der Waals surface area contributed by atoms with Crippen LogP contribution in [0.1, 0.15) is 38.7 Å². The van der Waals surface area contributed by atoms with Crippen molar-refractivity contribution < 1.29 is 8.78 Å². The molecule has 0 radical (unpaired) electrons. The molecule has 1 aromatic carbocycles. The van der Waals surface area contributed by atoms with Crippen LogP contribution in [0, 0.1) is 17.6 Å². The zero-order valence-corrected chi connectivity index (χ0v) is 12.8. The van der Waals surface area contributed by atoms with Crippen LogP contribution in [0.4, 0.5) is 8.78 Å². The number of hydrogen-bond donors (Lipinski definition) is 1. The quantitative estimate of drug-likeness (QED) is 0.916. The summed E-state index contributed by atoms with van der Waals surface area (Å²) in [6, 6.07) is 4.41. The molecular weight excluding hydrogens is 270 g/mol. The van der Waals surface area contributed by atoms with E-state index in [0.717, 1.165) is 31.5 Å². The molecule has 3 rings (SSSR count). The lowest BCUT2D eigenvalue weighted by molar-refractivity contribution is 0.0653. The molecule has 1 N–H and O–H groups in total. The normalized spacial score (nSPS) is 30.6. The highest BCUT2D eigenvalue weighted by Crippen LogP contribution is 2.38. The van der Waals surface area contributed by atoms with Crippen molar-refractivity contribution in [1.82, 2.24) is 10.2 Å². The van der Waals surface area contributed by atoms with E-state index in [2.05, 4.69) is 24.1 Å². The Morgan fingerprint density at radius 1 is 1.33 bits per heavy atom. The number of rotatable bonds is 4. The van der Waals surface area contributed by atoms with E-state index in [1.165, 1.54) is 18.9 Å². The first-order chi connectivity index (χ1) is 10.0. The molecule has 0 aromatic heterocycles. The SMILES string of the molecule is CCC1(C)CN(Cc2ccc(F)cc2F)C(C2CC2)CN1. The molecule has 1 heterocycles. The monoisotopic (exact) mass is 294 g/mol. The van der Waals surface area contributed by atoms with Crippen LogP contribution in [0.5, 0.6) is 0 Å². The lowest BCUT2D eigenvalue weighted by atomic mass is 9.91. The van der Waals surface area contributed by atoms with Gasteiger partial charge < -0.3 is 5.32 Å². The topological polar surface area (TPSA) is 15.3 Å². The van der Waals surface area contributed by atoms with Crippen LogP contribution in [0.15, 0.2) is 18.2 Å². The fourth-order valence-corrected chi connectivity index (χ4v) is 3.33. The van der Waals surface area contributed by atoms with Gasteiger partial charge in [0.15, 0.2) is 0 Å². The van der Waals surface area contributed by atoms with Gasteiger partial charge in [-0.2, -0.15) is 0 Å². The molecule has 21 heavy (non-hydrogen) atoms. The maximum absolute atomic E-state index is 13.9. The van der Waals surface area contributed by atoms with Crippen LogP contribution in [-0.4, -0.2) is 29.6 Å². The molecule has 1 saturated heterocycles. The zero-order chi connectivity index (χ0) is 15.0. The summed E-state index contributed by atoms with van der Waals surface area (Å²) in [7, 11) is 0. The molecule has 1 aliphatic carbocycles. The number of benzene rings is 1. The van der Waals surface area contributed by atoms with Crippen molar-refractivity contribution in [3.05, 3.63) is 35.4 Å². The van der Waals surface area contributed by atoms with E-state index < -0.39 is 11.6 Å². The molecule has 1 aliphatic heterocycles. The smallest absolute Gasteiger partial charge is 0.130 e. The van der Waals surface area contributed by atoms with Gasteiger partial charge in [0.25, 0.3) is 0 Å². The molecule has 4 heteroatoms. The van der Waals surface area contributed by atoms with Crippen molar-refractivity contribution in [3.8, 4) is 0 Å². The second kappa shape index (κ2) is 5.65. The maximum Gasteiger partial charge on any atom is 0.130 e. The highest BCUT2D eigenvalue weighted by molar-refractivity contribution is 5.19. The largest absolute Gasteiger partial charge is 0.309 e. The van der Waals surface area contributed by atoms with Gasteiger partial charge in [-0.3, -0.25) is 4.90 Å². The Hall–Kier alpha value is -1.00. The predicted octanol–water partition coefficient (Wildman–Crippen LogP) is 3.32. The van der Waals surface area contributed by atoms with E-state index in [9.17, 15) is 8.78 Å². The summed E-state index contributed by atoms with van der Waals surface area (Å²) < 4.78 is 27.0. The Balaban J connectivity index is 1.78. The zero-order valence-electron chi connectivity index (χ0n) is 12.8. The molecule has 2 atom stereocenters. The van der Waals surface area contributed by atoms with Crippen molar-refractivity contribution in [2.75, 3.05) is 13.1 Å². The molecule has 2 nitrogen and oxygen atoms in total. The standard InChI is InChI=1S/C17H24F2N2/c1-3-17(2)11-21(16(9-20-17)12-4-5-12)10-13-6-7-14(18)8-15(13)19/h6-8,12,16,20H,3-5,9-11H2,1-2H3. The number of nitrogens with zero attached hydrogens (tertiary/aromatic N) is 1. The molecular formula is C17H24F2N2. The van der Waals surface area contributed by atoms with Gasteiger partial charge in [0, 0.05) is 42.8 Å². The average Bonchev–Trinajstić information content (AvgIpc) is 3.27. The minimum Gasteiger partial charge on any atom is -0.309 e. The van der Waals surface area contributed by atoms with Gasteiger partial charge in [0.2, 0.25) is 0 Å². The number of piperazine rings is 1. The molecule has 0 spiro atoms. The van der Waals surface area contributed by atoms with E-state index >= 15 is 0 Å². The number of nitrogens with one attached hydrogen (secondary N) is 1. The number of hydrogen-bond acceptors (Lipinski definition) is 2. The Morgan fingerprint density at radius 2 is 2.10 bits per heavy atom. The van der Waals surface area contributed by atoms with Gasteiger partial charge in [-0.25, -0.2) is 8.78 Å². The second-order valence-electron chi connectivity index (χ2n) is 6.84. The minimum atomic E-state index is -0.506. The molecule has 2 fully saturated rings. The van der Waals surface area contributed by atoms with E-state index in [1.807, 2.05) is 0 Å². The third kappa shape index (κ3) is 3.27. The molecule has 2 unspecified atom stereocenters. The number of halogens is 2. The highest BCUT2D eigenvalue weighted by Gasteiger charge is 2.41. The Kier molecular flexibility index (Phi) is 4.02. The van der Waals surface area contributed by atoms with Crippen molar-refractivity contribution in [2.24, 2.45) is 5.92 Å². The molecule has 1 aromatic rings. The van der Waals surface area contributed by atoms with Crippen molar-refractivity contribution in [2.45, 2.75) is 51.2 Å². The Bertz CT molecular complexity index is 516. The lowest BCUT2D eigenvalue weighted by Gasteiger charge is -2.46. The van der Waals surface area contributed by atoms with Crippen LogP contribution in [0.2, 0.25) is 0 Å². The fraction of sp³-hybridized carbons (Fsp3) is 0.647. The first kappa shape index (κ1) is 14.9. The summed E-state index contributed by atoms with van der Waals surface area (Å²) in [4.78, 5) is 2.40. The summed E-state index contributed by atoms with van der Waals surface area (Å²) >= 11 is 0. The van der Waals surface area contributed by atoms with Crippen LogP contribution >= 0.6 is 0 Å². The van der Waals surface area contributed by atoms with E-state index in [1.54, 1.807) is 6.07 Å². The van der Waals surface area contributed by atoms with Gasteiger partial charge in [-0.15, -0.1) is 0 Å². The van der Waals surface area contributed by atoms with Gasteiger partial charge >= 0.3 is 0 Å². The first-order valence-electron chi connectivity index (χ1n) is 7.94. The van der Waals surface area contributed by atoms with Crippen LogP contribution in [0.25, 0.3) is 0 Å². The summed E-state index contributed by atoms with van der Waals surface area (Å²) in [6.07, 6.45) is 3.60. The van der Waals surface area contributed by atoms with E-state index in [4.69, 9.17) is 0 Å². The molecule has 116 valence electrons. The fourth-order valence-electron chi connectivity index (χ4n) is 3.33. The molecule has 0 bridgehead atoms. The third-order valence-electron chi connectivity index (χ3n) is 5.09. The van der Waals surface area contributed by atoms with Gasteiger partial charge in [-0.1, -0.05) is 13.0 Å². The minimum absolute atomic E-state index is 0.0852. The van der Waals surface area contributed by atoms with Crippen molar-refractivity contribution in [1.29, 1.82) is 0 Å². The Labute approximate surface area is 125 Å². The Morgan fingerprint density at radius 3 is 2.71 bits per heavy atom. The van der Waals surface area contributed by atoms with E-state index in [-0.39, 0.29) is 5.54 Å². The molecule has 2 aliphatic rings. The van der Waals surface area contributed by atoms with Crippen LogP contribution < -0.4 is 5.32 Å². The van der Waals surface area contributed by atoms with Crippen molar-refractivity contribution >= 4 is 0 Å². The predicted molar refractivity (Wildman–Crippen MR) is 80.0 cm³/mol. The summed E-state index contributed by atoms with van der Waals surface area (Å²) in [5.41, 5.74) is 0.685. The molecule has 0 amide bonds. The summed E-state index contributed by atoms with van der Waals surface area (Å²) in [5, 5.41) is 3.66. The second-order valence-corrected chi connectivity index (χ2v) is 6.84. The highest BCUT2D eigenvalue weighted by atomic mass is 19.1. The summed E-state index contributed by atoms with van der Waals surface area (Å²) in [5.74, 6) is -0.197. The van der Waals surface area contributed by atoms with Gasteiger partial charge in [-0.05, 0) is 38.2 Å². The molecule has 1 saturated carbocycles. The third-order valence-corrected chi connectivity index (χ3v) is 5.09. The van der Waals surface area contributed by atoms with Gasteiger partial charge in [0.05, 0.1) is 0 Å². The average molecular weight is 294 g/mol. The van der Waals surface area contributed by atoms with Crippen molar-refractivity contribution in [3.63, 3.8) is 0 Å². The lowest BCUT2D eigenvalue weighted by Crippen LogP contribution is -2.62.